The molecule has 148 valence electrons. The van der Waals surface area contributed by atoms with Crippen LogP contribution in [0.1, 0.15) is 43.7 Å². The average molecular weight is 390 g/mol. The summed E-state index contributed by atoms with van der Waals surface area (Å²) >= 11 is 0. The highest BCUT2D eigenvalue weighted by molar-refractivity contribution is 5.80. The minimum absolute atomic E-state index is 0.0621. The fraction of sp³-hybridized carbons (Fsp3) is 0.429. The van der Waals surface area contributed by atoms with Gasteiger partial charge in [0.1, 0.15) is 6.33 Å². The van der Waals surface area contributed by atoms with Gasteiger partial charge in [-0.15, -0.1) is 5.10 Å². The summed E-state index contributed by atoms with van der Waals surface area (Å²) in [6.07, 6.45) is 9.04. The Kier molecular flexibility index (Phi) is 3.80. The monoisotopic (exact) mass is 390 g/mol. The lowest BCUT2D eigenvalue weighted by Gasteiger charge is -2.24. The van der Waals surface area contributed by atoms with Crippen molar-refractivity contribution in [3.8, 4) is 5.82 Å². The zero-order chi connectivity index (χ0) is 19.4. The Hall–Kier alpha value is -3.00. The standard InChI is InChI=1S/C21H22N6O2/c28-21-19-20(27-18(11-23-24-27)14-8-9-14)22-13-26(19)17-7-2-1-6-16(17)25(21)12-15-5-3-4-10-29-15/h1-2,6-7,11,13-15H,3-5,8-10,12H2. The number of benzene rings is 1. The van der Waals surface area contributed by atoms with Gasteiger partial charge >= 0.3 is 0 Å². The first-order chi connectivity index (χ1) is 14.3. The topological polar surface area (TPSA) is 79.2 Å². The molecule has 2 fully saturated rings. The second-order valence-corrected chi connectivity index (χ2v) is 8.02. The lowest BCUT2D eigenvalue weighted by atomic mass is 10.1. The van der Waals surface area contributed by atoms with Crippen molar-refractivity contribution >= 4 is 16.6 Å². The van der Waals surface area contributed by atoms with Gasteiger partial charge in [-0.05, 0) is 44.2 Å². The maximum Gasteiger partial charge on any atom is 0.279 e. The van der Waals surface area contributed by atoms with E-state index in [0.717, 1.165) is 55.4 Å². The van der Waals surface area contributed by atoms with Gasteiger partial charge in [-0.2, -0.15) is 4.68 Å². The van der Waals surface area contributed by atoms with E-state index in [1.54, 1.807) is 17.2 Å². The summed E-state index contributed by atoms with van der Waals surface area (Å²) in [6.45, 7) is 1.31. The van der Waals surface area contributed by atoms with Crippen LogP contribution < -0.4 is 5.56 Å². The highest BCUT2D eigenvalue weighted by Gasteiger charge is 2.30. The van der Waals surface area contributed by atoms with Crippen LogP contribution in [0, 0.1) is 0 Å². The van der Waals surface area contributed by atoms with Gasteiger partial charge in [-0.25, -0.2) is 4.98 Å². The molecule has 6 rings (SSSR count). The van der Waals surface area contributed by atoms with Crippen LogP contribution in [0.5, 0.6) is 0 Å². The Balaban J connectivity index is 1.59. The molecule has 1 saturated carbocycles. The van der Waals surface area contributed by atoms with Crippen LogP contribution >= 0.6 is 0 Å². The molecule has 8 nitrogen and oxygen atoms in total. The molecule has 0 spiro atoms. The molecular weight excluding hydrogens is 368 g/mol. The largest absolute Gasteiger partial charge is 0.376 e. The van der Waals surface area contributed by atoms with E-state index in [1.807, 2.05) is 33.2 Å². The molecule has 3 aromatic heterocycles. The molecule has 29 heavy (non-hydrogen) atoms. The molecule has 1 atom stereocenters. The van der Waals surface area contributed by atoms with Gasteiger partial charge in [0.2, 0.25) is 0 Å². The van der Waals surface area contributed by atoms with E-state index in [4.69, 9.17) is 4.74 Å². The summed E-state index contributed by atoms with van der Waals surface area (Å²) in [5, 5.41) is 8.34. The fourth-order valence-corrected chi connectivity index (χ4v) is 4.41. The van der Waals surface area contributed by atoms with Crippen molar-refractivity contribution in [1.82, 2.24) is 28.9 Å². The smallest absolute Gasteiger partial charge is 0.279 e. The molecule has 4 aromatic rings. The van der Waals surface area contributed by atoms with Crippen molar-refractivity contribution in [3.05, 3.63) is 52.8 Å². The second-order valence-electron chi connectivity index (χ2n) is 8.02. The molecule has 8 heteroatoms. The minimum atomic E-state index is -0.0670. The van der Waals surface area contributed by atoms with Crippen LogP contribution in [-0.2, 0) is 11.3 Å². The molecule has 1 aromatic carbocycles. The van der Waals surface area contributed by atoms with Crippen molar-refractivity contribution in [2.75, 3.05) is 6.61 Å². The molecule has 1 unspecified atom stereocenters. The van der Waals surface area contributed by atoms with Gasteiger partial charge in [0.25, 0.3) is 5.56 Å². The molecule has 0 radical (unpaired) electrons. The number of hydrogen-bond acceptors (Lipinski definition) is 5. The van der Waals surface area contributed by atoms with E-state index in [-0.39, 0.29) is 11.7 Å². The predicted octanol–water partition coefficient (Wildman–Crippen LogP) is 2.68. The number of para-hydroxylation sites is 2. The number of hydrogen-bond donors (Lipinski definition) is 0. The normalized spacial score (nSPS) is 19.9. The third kappa shape index (κ3) is 2.70. The average Bonchev–Trinajstić information content (AvgIpc) is 3.32. The van der Waals surface area contributed by atoms with Crippen molar-refractivity contribution in [3.63, 3.8) is 0 Å². The summed E-state index contributed by atoms with van der Waals surface area (Å²) in [5.74, 6) is 1.01. The van der Waals surface area contributed by atoms with Gasteiger partial charge in [-0.1, -0.05) is 17.3 Å². The maximum absolute atomic E-state index is 13.7. The maximum atomic E-state index is 13.7. The lowest BCUT2D eigenvalue weighted by Crippen LogP contribution is -2.32. The Morgan fingerprint density at radius 2 is 1.97 bits per heavy atom. The van der Waals surface area contributed by atoms with Gasteiger partial charge in [0, 0.05) is 12.5 Å². The molecule has 2 aliphatic rings. The lowest BCUT2D eigenvalue weighted by molar-refractivity contribution is 0.00619. The Bertz CT molecular complexity index is 1260. The van der Waals surface area contributed by atoms with Crippen LogP contribution in [0.2, 0.25) is 0 Å². The van der Waals surface area contributed by atoms with Gasteiger partial charge < -0.3 is 9.30 Å². The Labute approximate surface area is 166 Å². The van der Waals surface area contributed by atoms with E-state index >= 15 is 0 Å². The molecule has 4 heterocycles. The van der Waals surface area contributed by atoms with Crippen LogP contribution in [0.3, 0.4) is 0 Å². The highest BCUT2D eigenvalue weighted by atomic mass is 16.5. The quantitative estimate of drug-likeness (QED) is 0.535. The van der Waals surface area contributed by atoms with E-state index in [2.05, 4.69) is 15.3 Å². The highest BCUT2D eigenvalue weighted by Crippen LogP contribution is 2.40. The Morgan fingerprint density at radius 1 is 1.10 bits per heavy atom. The van der Waals surface area contributed by atoms with Gasteiger partial charge in [0.05, 0.1) is 35.6 Å². The first-order valence-corrected chi connectivity index (χ1v) is 10.3. The SMILES string of the molecule is O=c1c2c(-n3nncc3C3CC3)ncn2c2ccccc2n1CC1CCCCO1. The van der Waals surface area contributed by atoms with E-state index in [0.29, 0.717) is 23.8 Å². The molecule has 0 N–H and O–H groups in total. The van der Waals surface area contributed by atoms with E-state index < -0.39 is 0 Å². The van der Waals surface area contributed by atoms with E-state index in [1.165, 1.54) is 0 Å². The predicted molar refractivity (Wildman–Crippen MR) is 107 cm³/mol. The molecule has 1 aliphatic carbocycles. The number of imidazole rings is 1. The third-order valence-corrected chi connectivity index (χ3v) is 6.06. The number of aromatic nitrogens is 6. The molecule has 1 aliphatic heterocycles. The zero-order valence-corrected chi connectivity index (χ0v) is 16.1. The first-order valence-electron chi connectivity index (χ1n) is 10.3. The van der Waals surface area contributed by atoms with Crippen molar-refractivity contribution in [2.24, 2.45) is 0 Å². The van der Waals surface area contributed by atoms with Crippen LogP contribution in [0.15, 0.2) is 41.6 Å². The number of nitrogens with zero attached hydrogens (tertiary/aromatic N) is 6. The van der Waals surface area contributed by atoms with Crippen LogP contribution in [0.4, 0.5) is 0 Å². The number of rotatable bonds is 4. The molecule has 0 bridgehead atoms. The molecule has 0 amide bonds. The van der Waals surface area contributed by atoms with Crippen molar-refractivity contribution in [2.45, 2.75) is 50.7 Å². The van der Waals surface area contributed by atoms with Crippen molar-refractivity contribution < 1.29 is 4.74 Å². The van der Waals surface area contributed by atoms with E-state index in [9.17, 15) is 4.79 Å². The summed E-state index contributed by atoms with van der Waals surface area (Å²) in [5.41, 5.74) is 3.34. The van der Waals surface area contributed by atoms with Crippen LogP contribution in [-0.4, -0.2) is 41.7 Å². The Morgan fingerprint density at radius 3 is 2.76 bits per heavy atom. The van der Waals surface area contributed by atoms with Crippen molar-refractivity contribution in [1.29, 1.82) is 0 Å². The molecular formula is C21H22N6O2. The zero-order valence-electron chi connectivity index (χ0n) is 16.1. The summed E-state index contributed by atoms with van der Waals surface area (Å²) in [6, 6.07) is 7.96. The van der Waals surface area contributed by atoms with Gasteiger partial charge in [0.15, 0.2) is 11.3 Å². The van der Waals surface area contributed by atoms with Gasteiger partial charge in [-0.3, -0.25) is 9.20 Å². The molecule has 1 saturated heterocycles. The summed E-state index contributed by atoms with van der Waals surface area (Å²) in [7, 11) is 0. The minimum Gasteiger partial charge on any atom is -0.376 e. The number of ether oxygens (including phenoxy) is 1. The third-order valence-electron chi connectivity index (χ3n) is 6.06. The summed E-state index contributed by atoms with van der Waals surface area (Å²) in [4.78, 5) is 18.3. The second kappa shape index (κ2) is 6.52. The number of fused-ring (bicyclic) bond motifs is 3. The van der Waals surface area contributed by atoms with Crippen LogP contribution in [0.25, 0.3) is 22.4 Å². The first kappa shape index (κ1) is 16.9. The fourth-order valence-electron chi connectivity index (χ4n) is 4.41. The summed E-state index contributed by atoms with van der Waals surface area (Å²) < 4.78 is 11.4.